The third-order valence-electron chi connectivity index (χ3n) is 3.78. The predicted octanol–water partition coefficient (Wildman–Crippen LogP) is 1.15. The summed E-state index contributed by atoms with van der Waals surface area (Å²) >= 11 is 0. The van der Waals surface area contributed by atoms with Gasteiger partial charge in [0.05, 0.1) is 5.69 Å². The highest BCUT2D eigenvalue weighted by molar-refractivity contribution is 7.91. The van der Waals surface area contributed by atoms with Crippen molar-refractivity contribution in [3.63, 3.8) is 0 Å². The first-order valence-electron chi connectivity index (χ1n) is 7.34. The van der Waals surface area contributed by atoms with Gasteiger partial charge in [0, 0.05) is 31.1 Å². The molecule has 0 aromatic carbocycles. The van der Waals surface area contributed by atoms with Gasteiger partial charge < -0.3 is 11.1 Å². The molecule has 2 heterocycles. The Morgan fingerprint density at radius 2 is 1.92 bits per heavy atom. The quantitative estimate of drug-likeness (QED) is 0.739. The third kappa shape index (κ3) is 4.02. The summed E-state index contributed by atoms with van der Waals surface area (Å²) < 4.78 is 22.8. The number of nitrogens with one attached hydrogen (secondary N) is 2. The molecule has 134 valence electrons. The standard InChI is InChI=1S/C15H20N6O3S/c1-15(2,25(4,23)24)10-7-11(16)20-13(19-10)9-5-6-12(18-8-9)21-14(22)17-3/h5-8H,1-4H3,(H2,16,19,20)(H2,17,18,21,22). The number of rotatable bonds is 4. The summed E-state index contributed by atoms with van der Waals surface area (Å²) in [6, 6.07) is 4.29. The predicted molar refractivity (Wildman–Crippen MR) is 95.6 cm³/mol. The zero-order valence-electron chi connectivity index (χ0n) is 14.4. The van der Waals surface area contributed by atoms with E-state index in [4.69, 9.17) is 5.73 Å². The Morgan fingerprint density at radius 3 is 2.44 bits per heavy atom. The lowest BCUT2D eigenvalue weighted by Gasteiger charge is -2.22. The van der Waals surface area contributed by atoms with Gasteiger partial charge >= 0.3 is 6.03 Å². The van der Waals surface area contributed by atoms with Crippen LogP contribution in [0.15, 0.2) is 24.4 Å². The molecule has 0 bridgehead atoms. The SMILES string of the molecule is CNC(=O)Nc1ccc(-c2nc(N)cc(C(C)(C)S(C)(=O)=O)n2)cn1. The van der Waals surface area contributed by atoms with Gasteiger partial charge in [0.1, 0.15) is 16.4 Å². The molecule has 0 radical (unpaired) electrons. The van der Waals surface area contributed by atoms with Gasteiger partial charge in [-0.2, -0.15) is 0 Å². The number of hydrogen-bond donors (Lipinski definition) is 3. The van der Waals surface area contributed by atoms with E-state index >= 15 is 0 Å². The van der Waals surface area contributed by atoms with Crippen LogP contribution in [0.4, 0.5) is 16.4 Å². The second kappa shape index (κ2) is 6.63. The second-order valence-electron chi connectivity index (χ2n) is 5.92. The lowest BCUT2D eigenvalue weighted by atomic mass is 10.1. The van der Waals surface area contributed by atoms with Crippen LogP contribution in [-0.4, -0.2) is 42.7 Å². The summed E-state index contributed by atoms with van der Waals surface area (Å²) in [4.78, 5) is 23.8. The lowest BCUT2D eigenvalue weighted by Crippen LogP contribution is -2.29. The number of amides is 2. The van der Waals surface area contributed by atoms with E-state index in [2.05, 4.69) is 25.6 Å². The molecule has 4 N–H and O–H groups in total. The smallest absolute Gasteiger partial charge is 0.320 e. The molecule has 2 aromatic heterocycles. The minimum absolute atomic E-state index is 0.157. The van der Waals surface area contributed by atoms with Crippen LogP contribution in [0.25, 0.3) is 11.4 Å². The van der Waals surface area contributed by atoms with Crippen molar-refractivity contribution in [2.24, 2.45) is 0 Å². The fourth-order valence-electron chi connectivity index (χ4n) is 1.87. The highest BCUT2D eigenvalue weighted by atomic mass is 32.2. The molecule has 10 heteroatoms. The fraction of sp³-hybridized carbons (Fsp3) is 0.333. The van der Waals surface area contributed by atoms with Crippen LogP contribution in [0.3, 0.4) is 0 Å². The van der Waals surface area contributed by atoms with E-state index in [1.165, 1.54) is 19.3 Å². The van der Waals surface area contributed by atoms with Gasteiger partial charge in [-0.25, -0.2) is 28.2 Å². The highest BCUT2D eigenvalue weighted by Gasteiger charge is 2.34. The van der Waals surface area contributed by atoms with Crippen LogP contribution in [0.1, 0.15) is 19.5 Å². The zero-order valence-corrected chi connectivity index (χ0v) is 15.2. The van der Waals surface area contributed by atoms with Gasteiger partial charge in [-0.3, -0.25) is 5.32 Å². The molecule has 25 heavy (non-hydrogen) atoms. The normalized spacial score (nSPS) is 11.8. The summed E-state index contributed by atoms with van der Waals surface area (Å²) in [6.45, 7) is 3.12. The van der Waals surface area contributed by atoms with Crippen molar-refractivity contribution < 1.29 is 13.2 Å². The first kappa shape index (κ1) is 18.6. The van der Waals surface area contributed by atoms with Gasteiger partial charge in [-0.1, -0.05) is 0 Å². The molecule has 0 aliphatic rings. The van der Waals surface area contributed by atoms with Gasteiger partial charge in [0.2, 0.25) is 0 Å². The number of nitrogens with two attached hydrogens (primary N) is 1. The van der Waals surface area contributed by atoms with Gasteiger partial charge in [-0.05, 0) is 26.0 Å². The molecule has 0 unspecified atom stereocenters. The van der Waals surface area contributed by atoms with Crippen molar-refractivity contribution in [1.29, 1.82) is 0 Å². The Labute approximate surface area is 146 Å². The maximum atomic E-state index is 12.0. The van der Waals surface area contributed by atoms with E-state index in [0.717, 1.165) is 6.26 Å². The van der Waals surface area contributed by atoms with E-state index in [1.54, 1.807) is 26.0 Å². The molecule has 2 rings (SSSR count). The molecule has 0 fully saturated rings. The number of hydrogen-bond acceptors (Lipinski definition) is 7. The van der Waals surface area contributed by atoms with Crippen molar-refractivity contribution in [2.45, 2.75) is 18.6 Å². The molecule has 2 amide bonds. The number of sulfone groups is 1. The topological polar surface area (TPSA) is 140 Å². The summed E-state index contributed by atoms with van der Waals surface area (Å²) in [5.41, 5.74) is 6.66. The molecular weight excluding hydrogens is 344 g/mol. The molecule has 0 aliphatic heterocycles. The van der Waals surface area contributed by atoms with E-state index in [9.17, 15) is 13.2 Å². The van der Waals surface area contributed by atoms with Crippen LogP contribution < -0.4 is 16.4 Å². The van der Waals surface area contributed by atoms with Crippen molar-refractivity contribution in [2.75, 3.05) is 24.4 Å². The van der Waals surface area contributed by atoms with Crippen molar-refractivity contribution in [3.8, 4) is 11.4 Å². The third-order valence-corrected chi connectivity index (χ3v) is 5.84. The van der Waals surface area contributed by atoms with E-state index in [-0.39, 0.29) is 11.6 Å². The molecule has 0 spiro atoms. The first-order valence-corrected chi connectivity index (χ1v) is 9.23. The maximum Gasteiger partial charge on any atom is 0.320 e. The minimum atomic E-state index is -3.41. The summed E-state index contributed by atoms with van der Waals surface area (Å²) in [6.07, 6.45) is 2.61. The molecule has 2 aromatic rings. The van der Waals surface area contributed by atoms with Gasteiger partial charge in [0.15, 0.2) is 15.7 Å². The average molecular weight is 364 g/mol. The number of urea groups is 1. The number of carbonyl (C=O) groups is 1. The number of nitrogen functional groups attached to an aromatic ring is 1. The number of pyridine rings is 1. The van der Waals surface area contributed by atoms with Crippen LogP contribution in [0.5, 0.6) is 0 Å². The molecule has 0 saturated heterocycles. The van der Waals surface area contributed by atoms with Crippen LogP contribution in [0, 0.1) is 0 Å². The zero-order chi connectivity index (χ0) is 18.8. The van der Waals surface area contributed by atoms with E-state index in [0.29, 0.717) is 17.1 Å². The monoisotopic (exact) mass is 364 g/mol. The Kier molecular flexibility index (Phi) is 4.93. The second-order valence-corrected chi connectivity index (χ2v) is 8.49. The summed E-state index contributed by atoms with van der Waals surface area (Å²) in [5.74, 6) is 0.763. The summed E-state index contributed by atoms with van der Waals surface area (Å²) in [7, 11) is -1.91. The van der Waals surface area contributed by atoms with E-state index in [1.807, 2.05) is 0 Å². The van der Waals surface area contributed by atoms with Crippen molar-refractivity contribution >= 4 is 27.5 Å². The molecule has 0 aliphatic carbocycles. The molecular formula is C15H20N6O3S. The molecule has 9 nitrogen and oxygen atoms in total. The van der Waals surface area contributed by atoms with E-state index < -0.39 is 20.6 Å². The van der Waals surface area contributed by atoms with Crippen molar-refractivity contribution in [3.05, 3.63) is 30.1 Å². The Hall–Kier alpha value is -2.75. The highest BCUT2D eigenvalue weighted by Crippen LogP contribution is 2.30. The Balaban J connectivity index is 2.42. The maximum absolute atomic E-state index is 12.0. The number of nitrogens with zero attached hydrogens (tertiary/aromatic N) is 3. The Bertz CT molecular complexity index is 894. The number of anilines is 2. The lowest BCUT2D eigenvalue weighted by molar-refractivity contribution is 0.254. The molecule has 0 atom stereocenters. The van der Waals surface area contributed by atoms with Crippen LogP contribution >= 0.6 is 0 Å². The largest absolute Gasteiger partial charge is 0.384 e. The number of carbonyl (C=O) groups excluding carboxylic acids is 1. The fourth-order valence-corrected chi connectivity index (χ4v) is 2.36. The van der Waals surface area contributed by atoms with Crippen LogP contribution in [0.2, 0.25) is 0 Å². The molecule has 0 saturated carbocycles. The van der Waals surface area contributed by atoms with Gasteiger partial charge in [-0.15, -0.1) is 0 Å². The first-order chi connectivity index (χ1) is 11.5. The summed E-state index contributed by atoms with van der Waals surface area (Å²) in [5, 5.41) is 4.95. The Morgan fingerprint density at radius 1 is 1.24 bits per heavy atom. The minimum Gasteiger partial charge on any atom is -0.384 e. The van der Waals surface area contributed by atoms with Gasteiger partial charge in [0.25, 0.3) is 0 Å². The number of aromatic nitrogens is 3. The van der Waals surface area contributed by atoms with Crippen molar-refractivity contribution in [1.82, 2.24) is 20.3 Å². The average Bonchev–Trinajstić information content (AvgIpc) is 2.53. The van der Waals surface area contributed by atoms with Crippen LogP contribution in [-0.2, 0) is 14.6 Å².